The van der Waals surface area contributed by atoms with Crippen LogP contribution in [0.15, 0.2) is 54.7 Å². The Bertz CT molecular complexity index is 995. The molecule has 0 aliphatic heterocycles. The highest BCUT2D eigenvalue weighted by Gasteiger charge is 2.16. The number of nitrogens with two attached hydrogens (primary N) is 2. The molecule has 0 fully saturated rings. The number of hydrogen-bond donors (Lipinski definition) is 5. The van der Waals surface area contributed by atoms with E-state index in [-0.39, 0.29) is 17.3 Å². The first-order valence-electron chi connectivity index (χ1n) is 9.41. The molecule has 3 rings (SSSR count). The quantitative estimate of drug-likeness (QED) is 0.390. The number of aromatic nitrogens is 2. The maximum atomic E-state index is 11.6. The van der Waals surface area contributed by atoms with Crippen molar-refractivity contribution in [1.82, 2.24) is 15.1 Å². The minimum absolute atomic E-state index is 0.0293. The average molecular weight is 410 g/mol. The van der Waals surface area contributed by atoms with Crippen LogP contribution in [-0.2, 0) is 0 Å². The summed E-state index contributed by atoms with van der Waals surface area (Å²) in [5.41, 5.74) is 14.0. The SMILES string of the molecule is CC.CNC(=O)c1ccc(-c2ccc(-n3cc(NC(N)O)c(C(N)=O)n3)cc2)cc1. The minimum atomic E-state index is -1.35. The van der Waals surface area contributed by atoms with Crippen LogP contribution in [0.25, 0.3) is 16.8 Å². The first-order valence-corrected chi connectivity index (χ1v) is 9.41. The molecule has 1 unspecified atom stereocenters. The summed E-state index contributed by atoms with van der Waals surface area (Å²) in [5, 5.41) is 18.5. The Hall–Kier alpha value is -3.69. The second kappa shape index (κ2) is 10.2. The van der Waals surface area contributed by atoms with Crippen LogP contribution in [0.1, 0.15) is 34.7 Å². The summed E-state index contributed by atoms with van der Waals surface area (Å²) in [5.74, 6) is -0.882. The van der Waals surface area contributed by atoms with Gasteiger partial charge in [0.1, 0.15) is 0 Å². The third kappa shape index (κ3) is 5.22. The van der Waals surface area contributed by atoms with Crippen LogP contribution in [0.2, 0.25) is 0 Å². The van der Waals surface area contributed by atoms with Crippen LogP contribution in [-0.4, -0.2) is 40.1 Å². The fourth-order valence-corrected chi connectivity index (χ4v) is 2.72. The average Bonchev–Trinajstić information content (AvgIpc) is 3.18. The fourth-order valence-electron chi connectivity index (χ4n) is 2.72. The first kappa shape index (κ1) is 22.6. The molecule has 0 radical (unpaired) electrons. The molecule has 0 saturated carbocycles. The third-order valence-electron chi connectivity index (χ3n) is 4.09. The van der Waals surface area contributed by atoms with Crippen molar-refractivity contribution < 1.29 is 14.7 Å². The minimum Gasteiger partial charge on any atom is -0.364 e. The van der Waals surface area contributed by atoms with Gasteiger partial charge in [0.25, 0.3) is 11.8 Å². The smallest absolute Gasteiger partial charge is 0.271 e. The predicted octanol–water partition coefficient (Wildman–Crippen LogP) is 1.67. The Morgan fingerprint density at radius 2 is 1.57 bits per heavy atom. The van der Waals surface area contributed by atoms with E-state index in [2.05, 4.69) is 15.7 Å². The fraction of sp³-hybridized carbons (Fsp3) is 0.190. The third-order valence-corrected chi connectivity index (χ3v) is 4.09. The summed E-state index contributed by atoms with van der Waals surface area (Å²) in [6.45, 7) is 4.00. The molecule has 158 valence electrons. The van der Waals surface area contributed by atoms with Crippen molar-refractivity contribution in [1.29, 1.82) is 0 Å². The highest BCUT2D eigenvalue weighted by Crippen LogP contribution is 2.23. The van der Waals surface area contributed by atoms with Crippen LogP contribution in [0.3, 0.4) is 0 Å². The molecule has 1 aromatic heterocycles. The van der Waals surface area contributed by atoms with E-state index in [1.165, 1.54) is 10.9 Å². The molecule has 0 bridgehead atoms. The van der Waals surface area contributed by atoms with Gasteiger partial charge in [-0.1, -0.05) is 38.1 Å². The van der Waals surface area contributed by atoms with E-state index in [1.807, 2.05) is 50.2 Å². The van der Waals surface area contributed by atoms with Crippen molar-refractivity contribution in [3.63, 3.8) is 0 Å². The largest absolute Gasteiger partial charge is 0.364 e. The van der Waals surface area contributed by atoms with E-state index in [1.54, 1.807) is 19.2 Å². The zero-order valence-corrected chi connectivity index (χ0v) is 17.1. The zero-order chi connectivity index (χ0) is 22.3. The first-order chi connectivity index (χ1) is 14.4. The van der Waals surface area contributed by atoms with Gasteiger partial charge in [-0.3, -0.25) is 15.3 Å². The molecular formula is C21H26N6O3. The topological polar surface area (TPSA) is 148 Å². The lowest BCUT2D eigenvalue weighted by Crippen LogP contribution is -2.29. The van der Waals surface area contributed by atoms with E-state index < -0.39 is 12.3 Å². The molecule has 2 amide bonds. The van der Waals surface area contributed by atoms with E-state index in [0.717, 1.165) is 11.1 Å². The Morgan fingerprint density at radius 1 is 1.03 bits per heavy atom. The van der Waals surface area contributed by atoms with Gasteiger partial charge in [0.05, 0.1) is 17.6 Å². The number of carbonyl (C=O) groups excluding carboxylic acids is 2. The number of nitrogens with one attached hydrogen (secondary N) is 2. The number of anilines is 1. The molecule has 0 aliphatic carbocycles. The summed E-state index contributed by atoms with van der Waals surface area (Å²) < 4.78 is 1.46. The summed E-state index contributed by atoms with van der Waals surface area (Å²) in [7, 11) is 1.59. The summed E-state index contributed by atoms with van der Waals surface area (Å²) in [6.07, 6.45) is 0.166. The monoisotopic (exact) mass is 410 g/mol. The van der Waals surface area contributed by atoms with E-state index in [0.29, 0.717) is 11.3 Å². The Balaban J connectivity index is 0.00000155. The lowest BCUT2D eigenvalue weighted by Gasteiger charge is -2.07. The molecule has 9 nitrogen and oxygen atoms in total. The van der Waals surface area contributed by atoms with Crippen molar-refractivity contribution in [2.45, 2.75) is 20.2 Å². The molecule has 7 N–H and O–H groups in total. The Kier molecular flexibility index (Phi) is 7.68. The molecule has 0 spiro atoms. The van der Waals surface area contributed by atoms with Gasteiger partial charge in [0, 0.05) is 12.6 Å². The number of carbonyl (C=O) groups is 2. The summed E-state index contributed by atoms with van der Waals surface area (Å²) in [4.78, 5) is 23.2. The number of benzene rings is 2. The molecule has 1 atom stereocenters. The summed E-state index contributed by atoms with van der Waals surface area (Å²) >= 11 is 0. The standard InChI is InChI=1S/C19H20N6O3.C2H6/c1-22-18(27)13-4-2-11(3-5-13)12-6-8-14(9-7-12)25-10-15(23-19(21)28)16(24-25)17(20)26;1-2/h2-10,19,23,28H,21H2,1H3,(H2,20,26)(H,22,27);1-2H3. The van der Waals surface area contributed by atoms with Crippen molar-refractivity contribution in [2.75, 3.05) is 12.4 Å². The molecule has 9 heteroatoms. The van der Waals surface area contributed by atoms with Crippen LogP contribution in [0.4, 0.5) is 5.69 Å². The van der Waals surface area contributed by atoms with Crippen molar-refractivity contribution in [2.24, 2.45) is 11.5 Å². The normalized spacial score (nSPS) is 11.1. The van der Waals surface area contributed by atoms with Crippen molar-refractivity contribution in [3.05, 3.63) is 66.0 Å². The van der Waals surface area contributed by atoms with Gasteiger partial charge in [-0.15, -0.1) is 0 Å². The number of rotatable bonds is 6. The van der Waals surface area contributed by atoms with Gasteiger partial charge in [-0.25, -0.2) is 4.68 Å². The molecule has 3 aromatic rings. The van der Waals surface area contributed by atoms with Crippen LogP contribution >= 0.6 is 0 Å². The van der Waals surface area contributed by atoms with Crippen LogP contribution in [0, 0.1) is 0 Å². The highest BCUT2D eigenvalue weighted by atomic mass is 16.3. The summed E-state index contributed by atoms with van der Waals surface area (Å²) in [6, 6.07) is 14.7. The number of aliphatic hydroxyl groups excluding tert-OH is 1. The lowest BCUT2D eigenvalue weighted by molar-refractivity contribution is 0.0961. The highest BCUT2D eigenvalue weighted by molar-refractivity contribution is 5.96. The molecule has 0 aliphatic rings. The van der Waals surface area contributed by atoms with Gasteiger partial charge < -0.3 is 21.5 Å². The molecule has 1 heterocycles. The number of amides is 2. The van der Waals surface area contributed by atoms with Crippen molar-refractivity contribution >= 4 is 17.5 Å². The Morgan fingerprint density at radius 3 is 2.03 bits per heavy atom. The molecule has 2 aromatic carbocycles. The zero-order valence-electron chi connectivity index (χ0n) is 17.1. The van der Waals surface area contributed by atoms with Gasteiger partial charge in [0.2, 0.25) is 0 Å². The molecule has 30 heavy (non-hydrogen) atoms. The maximum absolute atomic E-state index is 11.6. The number of primary amides is 1. The van der Waals surface area contributed by atoms with Crippen LogP contribution < -0.4 is 22.1 Å². The van der Waals surface area contributed by atoms with E-state index in [9.17, 15) is 14.7 Å². The second-order valence-corrected chi connectivity index (χ2v) is 5.99. The van der Waals surface area contributed by atoms with Gasteiger partial charge in [-0.2, -0.15) is 5.10 Å². The van der Waals surface area contributed by atoms with Gasteiger partial charge >= 0.3 is 0 Å². The second-order valence-electron chi connectivity index (χ2n) is 5.99. The van der Waals surface area contributed by atoms with Gasteiger partial charge in [-0.05, 0) is 35.4 Å². The molecule has 0 saturated heterocycles. The number of nitrogens with zero attached hydrogens (tertiary/aromatic N) is 2. The Labute approximate surface area is 174 Å². The lowest BCUT2D eigenvalue weighted by atomic mass is 10.0. The van der Waals surface area contributed by atoms with Crippen molar-refractivity contribution in [3.8, 4) is 16.8 Å². The van der Waals surface area contributed by atoms with E-state index in [4.69, 9.17) is 11.5 Å². The number of hydrogen-bond acceptors (Lipinski definition) is 6. The molecular weight excluding hydrogens is 384 g/mol. The van der Waals surface area contributed by atoms with E-state index >= 15 is 0 Å². The number of aliphatic hydroxyl groups is 1. The van der Waals surface area contributed by atoms with Gasteiger partial charge in [0.15, 0.2) is 12.0 Å². The maximum Gasteiger partial charge on any atom is 0.271 e. The predicted molar refractivity (Wildman–Crippen MR) is 116 cm³/mol. The van der Waals surface area contributed by atoms with Crippen LogP contribution in [0.5, 0.6) is 0 Å².